The van der Waals surface area contributed by atoms with Crippen molar-refractivity contribution in [2.24, 2.45) is 0 Å². The number of hydrogen-bond acceptors (Lipinski definition) is 4. The highest BCUT2D eigenvalue weighted by Gasteiger charge is 2.33. The lowest BCUT2D eigenvalue weighted by Crippen LogP contribution is -2.30. The summed E-state index contributed by atoms with van der Waals surface area (Å²) in [5.74, 6) is -0.304. The van der Waals surface area contributed by atoms with Gasteiger partial charge in [-0.3, -0.25) is 4.79 Å². The Kier molecular flexibility index (Phi) is 3.63. The molecule has 1 aliphatic heterocycles. The summed E-state index contributed by atoms with van der Waals surface area (Å²) in [5, 5.41) is 19.1. The first-order chi connectivity index (χ1) is 7.99. The number of hydrogen-bond donors (Lipinski definition) is 3. The highest BCUT2D eigenvalue weighted by atomic mass is 35.5. The van der Waals surface area contributed by atoms with Gasteiger partial charge in [0.15, 0.2) is 0 Å². The number of thiol groups is 1. The van der Waals surface area contributed by atoms with Gasteiger partial charge in [-0.1, -0.05) is 11.6 Å². The van der Waals surface area contributed by atoms with Crippen molar-refractivity contribution in [2.45, 2.75) is 17.1 Å². The molecule has 0 spiro atoms. The SMILES string of the molecule is O=C(c1cc(S)ccc1Cl)N1CC(O)C(O)C1. The van der Waals surface area contributed by atoms with Crippen LogP contribution in [0.4, 0.5) is 0 Å². The third-order valence-corrected chi connectivity index (χ3v) is 3.33. The Morgan fingerprint density at radius 3 is 2.53 bits per heavy atom. The van der Waals surface area contributed by atoms with Crippen molar-refractivity contribution in [3.8, 4) is 0 Å². The molecule has 6 heteroatoms. The number of aliphatic hydroxyl groups excluding tert-OH is 2. The minimum absolute atomic E-state index is 0.118. The van der Waals surface area contributed by atoms with Crippen LogP contribution in [0.1, 0.15) is 10.4 Å². The Morgan fingerprint density at radius 2 is 1.94 bits per heavy atom. The number of β-amino-alcohol motifs (C(OH)–C–C–N with tert-alkyl or cyclic N) is 2. The van der Waals surface area contributed by atoms with Crippen LogP contribution in [0.25, 0.3) is 0 Å². The largest absolute Gasteiger partial charge is 0.388 e. The summed E-state index contributed by atoms with van der Waals surface area (Å²) in [6.45, 7) is 0.236. The summed E-state index contributed by atoms with van der Waals surface area (Å²) in [4.78, 5) is 14.1. The van der Waals surface area contributed by atoms with Gasteiger partial charge in [0.2, 0.25) is 0 Å². The second kappa shape index (κ2) is 4.86. The summed E-state index contributed by atoms with van der Waals surface area (Å²) in [5.41, 5.74) is 0.334. The van der Waals surface area contributed by atoms with E-state index in [1.54, 1.807) is 18.2 Å². The van der Waals surface area contributed by atoms with Crippen LogP contribution < -0.4 is 0 Å². The van der Waals surface area contributed by atoms with Gasteiger partial charge in [0.1, 0.15) is 0 Å². The molecule has 1 heterocycles. The maximum absolute atomic E-state index is 12.1. The van der Waals surface area contributed by atoms with Crippen LogP contribution in [0.3, 0.4) is 0 Å². The highest BCUT2D eigenvalue weighted by Crippen LogP contribution is 2.23. The van der Waals surface area contributed by atoms with E-state index in [0.717, 1.165) is 0 Å². The molecule has 1 aliphatic rings. The fourth-order valence-electron chi connectivity index (χ4n) is 1.78. The van der Waals surface area contributed by atoms with Gasteiger partial charge < -0.3 is 15.1 Å². The van der Waals surface area contributed by atoms with Crippen molar-refractivity contribution >= 4 is 30.1 Å². The molecule has 0 radical (unpaired) electrons. The number of nitrogens with zero attached hydrogens (tertiary/aromatic N) is 1. The Morgan fingerprint density at radius 1 is 1.35 bits per heavy atom. The molecule has 0 aliphatic carbocycles. The van der Waals surface area contributed by atoms with Crippen LogP contribution in [0.15, 0.2) is 23.1 Å². The molecule has 1 saturated heterocycles. The summed E-state index contributed by atoms with van der Waals surface area (Å²) < 4.78 is 0. The summed E-state index contributed by atoms with van der Waals surface area (Å²) in [7, 11) is 0. The van der Waals surface area contributed by atoms with Gasteiger partial charge in [0.05, 0.1) is 22.8 Å². The van der Waals surface area contributed by atoms with Crippen molar-refractivity contribution in [1.29, 1.82) is 0 Å². The summed E-state index contributed by atoms with van der Waals surface area (Å²) in [6, 6.07) is 4.86. The predicted octanol–water partition coefficient (Wildman–Crippen LogP) is 0.806. The molecule has 2 atom stereocenters. The van der Waals surface area contributed by atoms with E-state index in [0.29, 0.717) is 15.5 Å². The number of carbonyl (C=O) groups is 1. The van der Waals surface area contributed by atoms with Crippen LogP contribution in [-0.2, 0) is 0 Å². The molecule has 0 saturated carbocycles. The van der Waals surface area contributed by atoms with Crippen LogP contribution in [0, 0.1) is 0 Å². The van der Waals surface area contributed by atoms with E-state index in [2.05, 4.69) is 12.6 Å². The van der Waals surface area contributed by atoms with Crippen LogP contribution in [0.2, 0.25) is 5.02 Å². The van der Waals surface area contributed by atoms with E-state index >= 15 is 0 Å². The fourth-order valence-corrected chi connectivity index (χ4v) is 2.18. The normalized spacial score (nSPS) is 24.1. The molecule has 17 heavy (non-hydrogen) atoms. The van der Waals surface area contributed by atoms with Gasteiger partial charge in [-0.25, -0.2) is 0 Å². The minimum atomic E-state index is -0.892. The molecule has 2 N–H and O–H groups in total. The average molecular weight is 274 g/mol. The molecule has 2 rings (SSSR count). The number of rotatable bonds is 1. The fraction of sp³-hybridized carbons (Fsp3) is 0.364. The first kappa shape index (κ1) is 12.7. The maximum atomic E-state index is 12.1. The standard InChI is InChI=1S/C11H12ClNO3S/c12-8-2-1-6(17)3-7(8)11(16)13-4-9(14)10(15)5-13/h1-3,9-10,14-15,17H,4-5H2. The van der Waals surface area contributed by atoms with E-state index in [9.17, 15) is 15.0 Å². The summed E-state index contributed by atoms with van der Waals surface area (Å²) >= 11 is 10.1. The lowest BCUT2D eigenvalue weighted by molar-refractivity contribution is 0.0572. The Hall–Kier alpha value is -0.750. The number of likely N-dealkylation sites (tertiary alicyclic amines) is 1. The molecule has 1 aromatic carbocycles. The van der Waals surface area contributed by atoms with Crippen LogP contribution in [-0.4, -0.2) is 46.3 Å². The molecule has 0 bridgehead atoms. The quantitative estimate of drug-likeness (QED) is 0.664. The number of halogens is 1. The first-order valence-electron chi connectivity index (χ1n) is 5.13. The average Bonchev–Trinajstić information content (AvgIpc) is 2.62. The zero-order chi connectivity index (χ0) is 12.6. The summed E-state index contributed by atoms with van der Waals surface area (Å²) in [6.07, 6.45) is -1.78. The number of carbonyl (C=O) groups excluding carboxylic acids is 1. The topological polar surface area (TPSA) is 60.8 Å². The molecule has 1 amide bonds. The van der Waals surface area contributed by atoms with Gasteiger partial charge in [0, 0.05) is 18.0 Å². The molecular formula is C11H12ClNO3S. The molecule has 92 valence electrons. The van der Waals surface area contributed by atoms with Crippen molar-refractivity contribution in [1.82, 2.24) is 4.90 Å². The van der Waals surface area contributed by atoms with Crippen LogP contribution >= 0.6 is 24.2 Å². The third-order valence-electron chi connectivity index (χ3n) is 2.73. The van der Waals surface area contributed by atoms with E-state index in [1.165, 1.54) is 4.90 Å². The van der Waals surface area contributed by atoms with Crippen molar-refractivity contribution in [2.75, 3.05) is 13.1 Å². The molecule has 2 unspecified atom stereocenters. The lowest BCUT2D eigenvalue weighted by atomic mass is 10.2. The lowest BCUT2D eigenvalue weighted by Gasteiger charge is -2.16. The molecule has 4 nitrogen and oxygen atoms in total. The zero-order valence-electron chi connectivity index (χ0n) is 8.88. The zero-order valence-corrected chi connectivity index (χ0v) is 10.5. The van der Waals surface area contributed by atoms with E-state index < -0.39 is 12.2 Å². The van der Waals surface area contributed by atoms with Gasteiger partial charge in [0.25, 0.3) is 5.91 Å². The smallest absolute Gasteiger partial charge is 0.255 e. The Bertz CT molecular complexity index is 444. The van der Waals surface area contributed by atoms with E-state index in [-0.39, 0.29) is 19.0 Å². The van der Waals surface area contributed by atoms with Gasteiger partial charge in [-0.2, -0.15) is 0 Å². The van der Waals surface area contributed by atoms with E-state index in [4.69, 9.17) is 11.6 Å². The van der Waals surface area contributed by atoms with Gasteiger partial charge in [-0.05, 0) is 18.2 Å². The van der Waals surface area contributed by atoms with E-state index in [1.807, 2.05) is 0 Å². The van der Waals surface area contributed by atoms with Gasteiger partial charge in [-0.15, -0.1) is 12.6 Å². The minimum Gasteiger partial charge on any atom is -0.388 e. The first-order valence-corrected chi connectivity index (χ1v) is 5.95. The second-order valence-electron chi connectivity index (χ2n) is 4.01. The monoisotopic (exact) mass is 273 g/mol. The van der Waals surface area contributed by atoms with Crippen molar-refractivity contribution in [3.05, 3.63) is 28.8 Å². The van der Waals surface area contributed by atoms with Crippen molar-refractivity contribution in [3.63, 3.8) is 0 Å². The number of benzene rings is 1. The third kappa shape index (κ3) is 2.57. The van der Waals surface area contributed by atoms with Gasteiger partial charge >= 0.3 is 0 Å². The maximum Gasteiger partial charge on any atom is 0.255 e. The Balaban J connectivity index is 2.23. The molecule has 1 aromatic rings. The number of amides is 1. The van der Waals surface area contributed by atoms with Crippen LogP contribution in [0.5, 0.6) is 0 Å². The highest BCUT2D eigenvalue weighted by molar-refractivity contribution is 7.80. The molecular weight excluding hydrogens is 262 g/mol. The molecule has 0 aromatic heterocycles. The second-order valence-corrected chi connectivity index (χ2v) is 4.93. The molecule has 1 fully saturated rings. The van der Waals surface area contributed by atoms with Crippen molar-refractivity contribution < 1.29 is 15.0 Å². The number of aliphatic hydroxyl groups is 2. The Labute approximate surface area is 109 Å². The predicted molar refractivity (Wildman–Crippen MR) is 66.6 cm³/mol.